The fourth-order valence-electron chi connectivity index (χ4n) is 1.88. The third-order valence-corrected chi connectivity index (χ3v) is 3.79. The first-order valence-electron chi connectivity index (χ1n) is 5.84. The molecule has 94 valence electrons. The molecule has 0 amide bonds. The number of hydrogen-bond acceptors (Lipinski definition) is 1. The van der Waals surface area contributed by atoms with E-state index >= 15 is 0 Å². The van der Waals surface area contributed by atoms with Crippen molar-refractivity contribution in [2.45, 2.75) is 18.9 Å². The molecule has 18 heavy (non-hydrogen) atoms. The van der Waals surface area contributed by atoms with Gasteiger partial charge >= 0.3 is 0 Å². The van der Waals surface area contributed by atoms with Crippen LogP contribution in [0.2, 0.25) is 5.02 Å². The zero-order valence-electron chi connectivity index (χ0n) is 9.81. The summed E-state index contributed by atoms with van der Waals surface area (Å²) >= 11 is 9.31. The van der Waals surface area contributed by atoms with Crippen molar-refractivity contribution in [3.05, 3.63) is 69.2 Å². The van der Waals surface area contributed by atoms with Gasteiger partial charge in [0.15, 0.2) is 0 Å². The lowest BCUT2D eigenvalue weighted by molar-refractivity contribution is 0.167. The fourth-order valence-corrected chi connectivity index (χ4v) is 2.82. The zero-order valence-corrected chi connectivity index (χ0v) is 12.2. The molecule has 0 spiro atoms. The Hall–Kier alpha value is -0.830. The molecule has 2 aromatic rings. The summed E-state index contributed by atoms with van der Waals surface area (Å²) in [6.07, 6.45) is 1.08. The Kier molecular flexibility index (Phi) is 4.81. The van der Waals surface area contributed by atoms with Crippen LogP contribution in [0.4, 0.5) is 0 Å². The van der Waals surface area contributed by atoms with E-state index in [1.165, 1.54) is 5.56 Å². The minimum absolute atomic E-state index is 0.475. The summed E-state index contributed by atoms with van der Waals surface area (Å²) in [5, 5.41) is 10.8. The molecule has 1 atom stereocenters. The molecule has 2 aromatic carbocycles. The summed E-state index contributed by atoms with van der Waals surface area (Å²) in [5.41, 5.74) is 2.12. The van der Waals surface area contributed by atoms with Crippen molar-refractivity contribution < 1.29 is 5.11 Å². The van der Waals surface area contributed by atoms with E-state index in [1.54, 1.807) is 6.07 Å². The maximum Gasteiger partial charge on any atom is 0.0804 e. The number of aryl methyl sites for hydroxylation is 1. The van der Waals surface area contributed by atoms with Gasteiger partial charge in [0.05, 0.1) is 6.10 Å². The van der Waals surface area contributed by atoms with Gasteiger partial charge < -0.3 is 5.11 Å². The second kappa shape index (κ2) is 6.37. The van der Waals surface area contributed by atoms with Gasteiger partial charge in [-0.05, 0) is 36.1 Å². The number of halogens is 2. The summed E-state index contributed by atoms with van der Waals surface area (Å²) < 4.78 is 0.857. The van der Waals surface area contributed by atoms with Gasteiger partial charge in [-0.25, -0.2) is 0 Å². The van der Waals surface area contributed by atoms with Crippen molar-refractivity contribution in [1.29, 1.82) is 0 Å². The summed E-state index contributed by atoms with van der Waals surface area (Å²) in [5.74, 6) is 0. The highest BCUT2D eigenvalue weighted by molar-refractivity contribution is 9.10. The van der Waals surface area contributed by atoms with Crippen LogP contribution in [0.25, 0.3) is 0 Å². The van der Waals surface area contributed by atoms with E-state index in [0.29, 0.717) is 11.4 Å². The van der Waals surface area contributed by atoms with Crippen LogP contribution >= 0.6 is 27.5 Å². The Morgan fingerprint density at radius 1 is 1.11 bits per heavy atom. The highest BCUT2D eigenvalue weighted by Crippen LogP contribution is 2.29. The van der Waals surface area contributed by atoms with Gasteiger partial charge in [0.25, 0.3) is 0 Å². The Morgan fingerprint density at radius 3 is 2.50 bits per heavy atom. The van der Waals surface area contributed by atoms with Gasteiger partial charge in [-0.3, -0.25) is 0 Å². The molecule has 0 aliphatic rings. The van der Waals surface area contributed by atoms with Gasteiger partial charge in [-0.2, -0.15) is 0 Å². The van der Waals surface area contributed by atoms with Crippen LogP contribution < -0.4 is 0 Å². The first kappa shape index (κ1) is 13.6. The molecule has 0 saturated carbocycles. The fraction of sp³-hybridized carbons (Fsp3) is 0.200. The second-order valence-electron chi connectivity index (χ2n) is 4.21. The van der Waals surface area contributed by atoms with Gasteiger partial charge in [0.2, 0.25) is 0 Å². The summed E-state index contributed by atoms with van der Waals surface area (Å²) in [7, 11) is 0. The second-order valence-corrected chi connectivity index (χ2v) is 5.50. The molecule has 0 aromatic heterocycles. The molecule has 0 fully saturated rings. The summed E-state index contributed by atoms with van der Waals surface area (Å²) in [4.78, 5) is 0. The lowest BCUT2D eigenvalue weighted by atomic mass is 10.0. The highest BCUT2D eigenvalue weighted by Gasteiger charge is 2.11. The molecule has 0 heterocycles. The van der Waals surface area contributed by atoms with Crippen molar-refractivity contribution >= 4 is 27.5 Å². The monoisotopic (exact) mass is 324 g/mol. The largest absolute Gasteiger partial charge is 0.388 e. The molecule has 0 bridgehead atoms. The van der Waals surface area contributed by atoms with E-state index in [0.717, 1.165) is 16.5 Å². The molecule has 2 rings (SSSR count). The molecule has 0 saturated heterocycles. The maximum absolute atomic E-state index is 10.2. The van der Waals surface area contributed by atoms with Crippen LogP contribution in [0.15, 0.2) is 53.0 Å². The van der Waals surface area contributed by atoms with Gasteiger partial charge in [0, 0.05) is 9.50 Å². The van der Waals surface area contributed by atoms with Crippen molar-refractivity contribution in [3.8, 4) is 0 Å². The van der Waals surface area contributed by atoms with E-state index in [-0.39, 0.29) is 0 Å². The number of benzene rings is 2. The quantitative estimate of drug-likeness (QED) is 0.858. The minimum atomic E-state index is -0.475. The van der Waals surface area contributed by atoms with E-state index in [1.807, 2.05) is 30.3 Å². The predicted molar refractivity (Wildman–Crippen MR) is 78.9 cm³/mol. The lowest BCUT2D eigenvalue weighted by Gasteiger charge is -2.13. The number of aliphatic hydroxyl groups excluding tert-OH is 1. The van der Waals surface area contributed by atoms with Crippen LogP contribution in [0, 0.1) is 0 Å². The number of hydrogen-bond donors (Lipinski definition) is 1. The van der Waals surface area contributed by atoms with Crippen LogP contribution in [0.3, 0.4) is 0 Å². The first-order valence-corrected chi connectivity index (χ1v) is 7.01. The number of rotatable bonds is 4. The molecule has 0 aliphatic heterocycles. The van der Waals surface area contributed by atoms with Gasteiger partial charge in [0.1, 0.15) is 0 Å². The van der Waals surface area contributed by atoms with Crippen LogP contribution in [0.5, 0.6) is 0 Å². The van der Waals surface area contributed by atoms with Gasteiger partial charge in [-0.1, -0.05) is 63.9 Å². The average molecular weight is 326 g/mol. The normalized spacial score (nSPS) is 12.4. The highest BCUT2D eigenvalue weighted by atomic mass is 79.9. The molecule has 1 nitrogen and oxygen atoms in total. The molecule has 0 radical (unpaired) electrons. The lowest BCUT2D eigenvalue weighted by Crippen LogP contribution is -2.00. The average Bonchev–Trinajstić information content (AvgIpc) is 2.37. The van der Waals surface area contributed by atoms with Crippen LogP contribution in [-0.4, -0.2) is 5.11 Å². The van der Waals surface area contributed by atoms with E-state index in [2.05, 4.69) is 28.1 Å². The third-order valence-electron chi connectivity index (χ3n) is 2.87. The number of aliphatic hydroxyl groups is 1. The van der Waals surface area contributed by atoms with E-state index < -0.39 is 6.10 Å². The predicted octanol–water partition coefficient (Wildman–Crippen LogP) is 4.77. The third kappa shape index (κ3) is 3.58. The summed E-state index contributed by atoms with van der Waals surface area (Å²) in [6.45, 7) is 0. The molecule has 1 N–H and O–H groups in total. The van der Waals surface area contributed by atoms with E-state index in [9.17, 15) is 5.11 Å². The topological polar surface area (TPSA) is 20.2 Å². The molecule has 1 unspecified atom stereocenters. The Labute approximate surface area is 121 Å². The molecule has 0 aliphatic carbocycles. The van der Waals surface area contributed by atoms with Crippen LogP contribution in [0.1, 0.15) is 23.7 Å². The van der Waals surface area contributed by atoms with Crippen LogP contribution in [-0.2, 0) is 6.42 Å². The maximum atomic E-state index is 10.2. The smallest absolute Gasteiger partial charge is 0.0804 e. The van der Waals surface area contributed by atoms with Gasteiger partial charge in [-0.15, -0.1) is 0 Å². The zero-order chi connectivity index (χ0) is 13.0. The molecule has 3 heteroatoms. The van der Waals surface area contributed by atoms with Crippen molar-refractivity contribution in [2.24, 2.45) is 0 Å². The Bertz CT molecular complexity index is 513. The van der Waals surface area contributed by atoms with Crippen molar-refractivity contribution in [3.63, 3.8) is 0 Å². The Morgan fingerprint density at radius 2 is 1.83 bits per heavy atom. The van der Waals surface area contributed by atoms with Crippen molar-refractivity contribution in [1.82, 2.24) is 0 Å². The summed E-state index contributed by atoms with van der Waals surface area (Å²) in [6, 6.07) is 15.6. The SMILES string of the molecule is OC(CCc1ccccc1)c1ccc(Cl)cc1Br. The molecular formula is C15H14BrClO. The first-order chi connectivity index (χ1) is 8.66. The minimum Gasteiger partial charge on any atom is -0.388 e. The Balaban J connectivity index is 2.01. The van der Waals surface area contributed by atoms with Crippen molar-refractivity contribution in [2.75, 3.05) is 0 Å². The van der Waals surface area contributed by atoms with E-state index in [4.69, 9.17) is 11.6 Å². The molecular weight excluding hydrogens is 312 g/mol. The standard InChI is InChI=1S/C15H14BrClO/c16-14-10-12(17)7-8-13(14)15(18)9-6-11-4-2-1-3-5-11/h1-5,7-8,10,15,18H,6,9H2.